The van der Waals surface area contributed by atoms with Crippen molar-refractivity contribution in [2.45, 2.75) is 33.2 Å². The largest absolute Gasteiger partial charge is 0.382 e. The normalized spacial score (nSPS) is 10.9. The van der Waals surface area contributed by atoms with Crippen LogP contribution in [0.4, 0.5) is 10.8 Å². The molecule has 4 N–H and O–H groups in total. The van der Waals surface area contributed by atoms with Gasteiger partial charge in [0.1, 0.15) is 10.6 Å². The Kier molecular flexibility index (Phi) is 5.13. The molecule has 0 spiro atoms. The van der Waals surface area contributed by atoms with Gasteiger partial charge in [-0.2, -0.15) is 4.37 Å². The SMILES string of the molecule is Cc1nc(CCNc2snc(N)c2C(=O)NC(C)C)cs1. The Morgan fingerprint density at radius 1 is 1.48 bits per heavy atom. The quantitative estimate of drug-likeness (QED) is 0.757. The second-order valence-electron chi connectivity index (χ2n) is 4.93. The third-order valence-corrected chi connectivity index (χ3v) is 4.34. The third-order valence-electron chi connectivity index (χ3n) is 2.70. The predicted octanol–water partition coefficient (Wildman–Crippen LogP) is 2.28. The summed E-state index contributed by atoms with van der Waals surface area (Å²) in [6.07, 6.45) is 0.799. The molecule has 0 aliphatic carbocycles. The zero-order valence-corrected chi connectivity index (χ0v) is 13.9. The van der Waals surface area contributed by atoms with Gasteiger partial charge >= 0.3 is 0 Å². The van der Waals surface area contributed by atoms with Crippen molar-refractivity contribution in [3.63, 3.8) is 0 Å². The van der Waals surface area contributed by atoms with Gasteiger partial charge in [-0.3, -0.25) is 4.79 Å². The summed E-state index contributed by atoms with van der Waals surface area (Å²) in [5.41, 5.74) is 7.28. The lowest BCUT2D eigenvalue weighted by atomic mass is 10.2. The molecule has 0 bridgehead atoms. The molecule has 0 atom stereocenters. The number of rotatable bonds is 6. The summed E-state index contributed by atoms with van der Waals surface area (Å²) in [4.78, 5) is 16.5. The van der Waals surface area contributed by atoms with Gasteiger partial charge in [-0.1, -0.05) is 0 Å². The van der Waals surface area contributed by atoms with Crippen molar-refractivity contribution in [1.82, 2.24) is 14.7 Å². The molecule has 8 heteroatoms. The van der Waals surface area contributed by atoms with Gasteiger partial charge in [0.25, 0.3) is 5.91 Å². The fourth-order valence-electron chi connectivity index (χ4n) is 1.80. The fourth-order valence-corrected chi connectivity index (χ4v) is 3.19. The van der Waals surface area contributed by atoms with Crippen LogP contribution in [0.25, 0.3) is 0 Å². The van der Waals surface area contributed by atoms with Crippen LogP contribution in [0.2, 0.25) is 0 Å². The first-order valence-electron chi connectivity index (χ1n) is 6.68. The molecule has 0 radical (unpaired) electrons. The number of aromatic nitrogens is 2. The van der Waals surface area contributed by atoms with Crippen molar-refractivity contribution in [2.75, 3.05) is 17.6 Å². The summed E-state index contributed by atoms with van der Waals surface area (Å²) >= 11 is 2.84. The molecule has 2 aromatic rings. The summed E-state index contributed by atoms with van der Waals surface area (Å²) in [7, 11) is 0. The second kappa shape index (κ2) is 6.86. The van der Waals surface area contributed by atoms with E-state index in [1.807, 2.05) is 26.2 Å². The van der Waals surface area contributed by atoms with Crippen molar-refractivity contribution in [3.8, 4) is 0 Å². The van der Waals surface area contributed by atoms with E-state index in [0.29, 0.717) is 17.1 Å². The van der Waals surface area contributed by atoms with Crippen molar-refractivity contribution < 1.29 is 4.79 Å². The van der Waals surface area contributed by atoms with Gasteiger partial charge in [0, 0.05) is 24.4 Å². The van der Waals surface area contributed by atoms with Crippen LogP contribution in [0.5, 0.6) is 0 Å². The summed E-state index contributed by atoms with van der Waals surface area (Å²) in [6.45, 7) is 6.49. The van der Waals surface area contributed by atoms with E-state index in [1.54, 1.807) is 11.3 Å². The standard InChI is InChI=1S/C13H19N5OS2/c1-7(2)16-12(19)10-11(14)18-21-13(10)15-5-4-9-6-20-8(3)17-9/h6-7,15H,4-5H2,1-3H3,(H2,14,18)(H,16,19). The van der Waals surface area contributed by atoms with Crippen LogP contribution >= 0.6 is 22.9 Å². The number of thiazole rings is 1. The van der Waals surface area contributed by atoms with Gasteiger partial charge in [0.15, 0.2) is 5.82 Å². The van der Waals surface area contributed by atoms with Gasteiger partial charge in [0.05, 0.1) is 10.7 Å². The first-order chi connectivity index (χ1) is 9.97. The van der Waals surface area contributed by atoms with E-state index < -0.39 is 0 Å². The molecule has 21 heavy (non-hydrogen) atoms. The molecule has 0 unspecified atom stereocenters. The highest BCUT2D eigenvalue weighted by Gasteiger charge is 2.19. The van der Waals surface area contributed by atoms with Crippen molar-refractivity contribution >= 4 is 39.6 Å². The van der Waals surface area contributed by atoms with E-state index in [4.69, 9.17) is 5.73 Å². The Morgan fingerprint density at radius 3 is 2.86 bits per heavy atom. The van der Waals surface area contributed by atoms with Crippen LogP contribution in [0, 0.1) is 6.92 Å². The Balaban J connectivity index is 1.98. The smallest absolute Gasteiger partial charge is 0.258 e. The highest BCUT2D eigenvalue weighted by Crippen LogP contribution is 2.26. The number of amides is 1. The van der Waals surface area contributed by atoms with Crippen LogP contribution < -0.4 is 16.4 Å². The van der Waals surface area contributed by atoms with E-state index in [2.05, 4.69) is 20.0 Å². The molecule has 0 aromatic carbocycles. The van der Waals surface area contributed by atoms with E-state index >= 15 is 0 Å². The molecule has 0 aliphatic rings. The van der Waals surface area contributed by atoms with Crippen molar-refractivity contribution in [2.24, 2.45) is 0 Å². The van der Waals surface area contributed by atoms with E-state index in [-0.39, 0.29) is 17.8 Å². The number of nitrogens with one attached hydrogen (secondary N) is 2. The minimum absolute atomic E-state index is 0.0580. The molecular weight excluding hydrogens is 306 g/mol. The number of carbonyl (C=O) groups excluding carboxylic acids is 1. The Bertz CT molecular complexity index is 620. The minimum atomic E-state index is -0.191. The van der Waals surface area contributed by atoms with E-state index in [0.717, 1.165) is 17.1 Å². The number of aryl methyl sites for hydroxylation is 1. The zero-order chi connectivity index (χ0) is 15.4. The molecule has 2 heterocycles. The average molecular weight is 325 g/mol. The lowest BCUT2D eigenvalue weighted by Crippen LogP contribution is -2.31. The number of hydrogen-bond donors (Lipinski definition) is 3. The van der Waals surface area contributed by atoms with E-state index in [1.165, 1.54) is 11.5 Å². The van der Waals surface area contributed by atoms with Crippen LogP contribution in [-0.4, -0.2) is 27.9 Å². The molecule has 2 rings (SSSR count). The van der Waals surface area contributed by atoms with Crippen molar-refractivity contribution in [1.29, 1.82) is 0 Å². The molecule has 0 fully saturated rings. The van der Waals surface area contributed by atoms with E-state index in [9.17, 15) is 4.79 Å². The fraction of sp³-hybridized carbons (Fsp3) is 0.462. The maximum atomic E-state index is 12.1. The molecule has 114 valence electrons. The number of anilines is 2. The monoisotopic (exact) mass is 325 g/mol. The third kappa shape index (κ3) is 4.15. The number of carbonyl (C=O) groups is 1. The molecule has 0 aliphatic heterocycles. The first-order valence-corrected chi connectivity index (χ1v) is 8.33. The van der Waals surface area contributed by atoms with Gasteiger partial charge < -0.3 is 16.4 Å². The minimum Gasteiger partial charge on any atom is -0.382 e. The Labute approximate surface area is 132 Å². The average Bonchev–Trinajstić information content (AvgIpc) is 2.95. The molecule has 2 aromatic heterocycles. The number of nitrogens with zero attached hydrogens (tertiary/aromatic N) is 2. The molecule has 6 nitrogen and oxygen atoms in total. The van der Waals surface area contributed by atoms with Gasteiger partial charge in [-0.15, -0.1) is 11.3 Å². The maximum Gasteiger partial charge on any atom is 0.258 e. The zero-order valence-electron chi connectivity index (χ0n) is 12.3. The number of nitrogen functional groups attached to an aromatic ring is 1. The Morgan fingerprint density at radius 2 is 2.24 bits per heavy atom. The lowest BCUT2D eigenvalue weighted by molar-refractivity contribution is 0.0945. The number of hydrogen-bond acceptors (Lipinski definition) is 7. The van der Waals surface area contributed by atoms with Crippen LogP contribution in [0.15, 0.2) is 5.38 Å². The highest BCUT2D eigenvalue weighted by molar-refractivity contribution is 7.11. The van der Waals surface area contributed by atoms with Crippen LogP contribution in [0.3, 0.4) is 0 Å². The first kappa shape index (κ1) is 15.7. The topological polar surface area (TPSA) is 92.9 Å². The summed E-state index contributed by atoms with van der Waals surface area (Å²) in [5.74, 6) is 0.0772. The summed E-state index contributed by atoms with van der Waals surface area (Å²) in [6, 6.07) is 0.0580. The molecule has 1 amide bonds. The van der Waals surface area contributed by atoms with Crippen molar-refractivity contribution in [3.05, 3.63) is 21.6 Å². The summed E-state index contributed by atoms with van der Waals surface area (Å²) in [5, 5.41) is 9.87. The highest BCUT2D eigenvalue weighted by atomic mass is 32.1. The molecular formula is C13H19N5OS2. The molecule has 0 saturated carbocycles. The van der Waals surface area contributed by atoms with Gasteiger partial charge in [-0.25, -0.2) is 4.98 Å². The number of nitrogens with two attached hydrogens (primary N) is 1. The van der Waals surface area contributed by atoms with Crippen LogP contribution in [0.1, 0.15) is 34.9 Å². The van der Waals surface area contributed by atoms with Gasteiger partial charge in [0.2, 0.25) is 0 Å². The predicted molar refractivity (Wildman–Crippen MR) is 88.2 cm³/mol. The van der Waals surface area contributed by atoms with Crippen LogP contribution in [-0.2, 0) is 6.42 Å². The Hall–Kier alpha value is -1.67. The maximum absolute atomic E-state index is 12.1. The lowest BCUT2D eigenvalue weighted by Gasteiger charge is -2.10. The molecule has 0 saturated heterocycles. The van der Waals surface area contributed by atoms with Gasteiger partial charge in [-0.05, 0) is 32.3 Å². The summed E-state index contributed by atoms with van der Waals surface area (Å²) < 4.78 is 4.06. The second-order valence-corrected chi connectivity index (χ2v) is 6.77.